The Labute approximate surface area is 185 Å². The van der Waals surface area contributed by atoms with E-state index in [-0.39, 0.29) is 0 Å². The smallest absolute Gasteiger partial charge is 0.164 e. The molecule has 29 heavy (non-hydrogen) atoms. The molecule has 5 heteroatoms. The van der Waals surface area contributed by atoms with Crippen molar-refractivity contribution in [2.75, 3.05) is 19.3 Å². The molecule has 0 radical (unpaired) electrons. The average molecular weight is 437 g/mol. The summed E-state index contributed by atoms with van der Waals surface area (Å²) in [6, 6.07) is 0. The van der Waals surface area contributed by atoms with E-state index in [4.69, 9.17) is 21.3 Å². The first kappa shape index (κ1) is 33.9. The Hall–Kier alpha value is 0.270. The molecule has 6 N–H and O–H groups in total. The van der Waals surface area contributed by atoms with Crippen LogP contribution in [-0.4, -0.2) is 29.0 Å². The number of hydrogen-bond donors (Lipinski definition) is 4. The van der Waals surface area contributed by atoms with Gasteiger partial charge in [-0.25, -0.2) is 0 Å². The summed E-state index contributed by atoms with van der Waals surface area (Å²) in [5.41, 5.74) is 10.8. The largest absolute Gasteiger partial charge is 0.350 e. The van der Waals surface area contributed by atoms with Crippen LogP contribution < -0.4 is 11.5 Å². The standard InChI is InChI=1S/2C11H25N.C2H7O2P/c2*1-2-3-4-5-6-7-8-9-10-11-12;1-2-5(3)4/h2*2-12H2,1H3;3-4H,2H2,1H3. The maximum absolute atomic E-state index is 7.98. The van der Waals surface area contributed by atoms with Gasteiger partial charge in [-0.3, -0.25) is 0 Å². The van der Waals surface area contributed by atoms with Crippen LogP contribution in [-0.2, 0) is 0 Å². The van der Waals surface area contributed by atoms with Crippen molar-refractivity contribution in [1.82, 2.24) is 0 Å². The quantitative estimate of drug-likeness (QED) is 0.127. The Kier molecular flexibility index (Phi) is 41.7. The van der Waals surface area contributed by atoms with Gasteiger partial charge < -0.3 is 21.3 Å². The normalized spacial score (nSPS) is 10.3. The van der Waals surface area contributed by atoms with Crippen molar-refractivity contribution in [1.29, 1.82) is 0 Å². The molecule has 0 aromatic heterocycles. The van der Waals surface area contributed by atoms with Crippen molar-refractivity contribution in [2.45, 2.75) is 136 Å². The Bertz CT molecular complexity index is 205. The minimum absolute atomic E-state index is 0.481. The predicted octanol–water partition coefficient (Wildman–Crippen LogP) is 7.25. The highest BCUT2D eigenvalue weighted by molar-refractivity contribution is 7.45. The van der Waals surface area contributed by atoms with Crippen molar-refractivity contribution < 1.29 is 9.79 Å². The lowest BCUT2D eigenvalue weighted by Crippen LogP contribution is -1.97. The van der Waals surface area contributed by atoms with Crippen LogP contribution in [0.15, 0.2) is 0 Å². The first-order valence-corrected chi connectivity index (χ1v) is 14.1. The van der Waals surface area contributed by atoms with E-state index < -0.39 is 8.38 Å². The molecule has 0 aliphatic carbocycles. The molecule has 0 heterocycles. The van der Waals surface area contributed by atoms with Crippen LogP contribution in [0.5, 0.6) is 0 Å². The highest BCUT2D eigenvalue weighted by Crippen LogP contribution is 2.19. The fourth-order valence-electron chi connectivity index (χ4n) is 2.91. The third-order valence-electron chi connectivity index (χ3n) is 4.90. The number of nitrogens with two attached hydrogens (primary N) is 2. The minimum atomic E-state index is -1.60. The summed E-state index contributed by atoms with van der Waals surface area (Å²) >= 11 is 0. The van der Waals surface area contributed by atoms with Crippen LogP contribution in [0.1, 0.15) is 136 Å². The van der Waals surface area contributed by atoms with Gasteiger partial charge in [-0.05, 0) is 25.9 Å². The zero-order valence-electron chi connectivity index (χ0n) is 20.3. The summed E-state index contributed by atoms with van der Waals surface area (Å²) < 4.78 is 0. The second-order valence-corrected chi connectivity index (χ2v) is 9.30. The Morgan fingerprint density at radius 1 is 0.448 bits per heavy atom. The van der Waals surface area contributed by atoms with E-state index in [2.05, 4.69) is 13.8 Å². The van der Waals surface area contributed by atoms with Gasteiger partial charge in [0, 0.05) is 6.16 Å². The minimum Gasteiger partial charge on any atom is -0.350 e. The molecule has 180 valence electrons. The van der Waals surface area contributed by atoms with Crippen LogP contribution >= 0.6 is 8.38 Å². The van der Waals surface area contributed by atoms with Crippen molar-refractivity contribution in [2.24, 2.45) is 11.5 Å². The van der Waals surface area contributed by atoms with Gasteiger partial charge in [0.25, 0.3) is 0 Å². The second kappa shape index (κ2) is 35.7. The molecule has 0 aromatic carbocycles. The van der Waals surface area contributed by atoms with Gasteiger partial charge in [-0.2, -0.15) is 0 Å². The van der Waals surface area contributed by atoms with Crippen molar-refractivity contribution in [3.05, 3.63) is 0 Å². The molecule has 0 atom stereocenters. The predicted molar refractivity (Wildman–Crippen MR) is 134 cm³/mol. The van der Waals surface area contributed by atoms with Crippen LogP contribution in [0.25, 0.3) is 0 Å². The van der Waals surface area contributed by atoms with Crippen molar-refractivity contribution in [3.8, 4) is 0 Å². The fourth-order valence-corrected chi connectivity index (χ4v) is 2.91. The van der Waals surface area contributed by atoms with Crippen LogP contribution in [0.4, 0.5) is 0 Å². The van der Waals surface area contributed by atoms with Crippen molar-refractivity contribution in [3.63, 3.8) is 0 Å². The number of rotatable bonds is 19. The molecule has 0 unspecified atom stereocenters. The third kappa shape index (κ3) is 47.5. The average Bonchev–Trinajstić information content (AvgIpc) is 2.73. The lowest BCUT2D eigenvalue weighted by molar-refractivity contribution is 0.484. The maximum atomic E-state index is 7.98. The summed E-state index contributed by atoms with van der Waals surface area (Å²) in [5, 5.41) is 0. The maximum Gasteiger partial charge on any atom is 0.164 e. The SMILES string of the molecule is CCCCCCCCCCCN.CCCCCCCCCCCN.CCP(O)O. The molecule has 0 amide bonds. The van der Waals surface area contributed by atoms with E-state index in [1.807, 2.05) is 0 Å². The Morgan fingerprint density at radius 2 is 0.655 bits per heavy atom. The topological polar surface area (TPSA) is 92.5 Å². The molecule has 0 bridgehead atoms. The van der Waals surface area contributed by atoms with E-state index in [1.54, 1.807) is 6.92 Å². The molecule has 0 aromatic rings. The van der Waals surface area contributed by atoms with Gasteiger partial charge in [-0.1, -0.05) is 124 Å². The highest BCUT2D eigenvalue weighted by Gasteiger charge is 1.91. The van der Waals surface area contributed by atoms with Crippen molar-refractivity contribution >= 4 is 8.38 Å². The monoisotopic (exact) mass is 436 g/mol. The molecule has 0 spiro atoms. The summed E-state index contributed by atoms with van der Waals surface area (Å²) in [6.45, 7) is 8.00. The summed E-state index contributed by atoms with van der Waals surface area (Å²) in [5.74, 6) is 0. The number of unbranched alkanes of at least 4 members (excludes halogenated alkanes) is 16. The van der Waals surface area contributed by atoms with E-state index in [1.165, 1.54) is 116 Å². The first-order chi connectivity index (χ1) is 14.1. The summed E-state index contributed by atoms with van der Waals surface area (Å²) in [7, 11) is -1.60. The van der Waals surface area contributed by atoms with Crippen LogP contribution in [0.2, 0.25) is 0 Å². The zero-order chi connectivity index (χ0) is 22.4. The lowest BCUT2D eigenvalue weighted by Gasteiger charge is -1.99. The number of hydrogen-bond acceptors (Lipinski definition) is 4. The van der Waals surface area contributed by atoms with Gasteiger partial charge in [0.1, 0.15) is 0 Å². The summed E-state index contributed by atoms with van der Waals surface area (Å²) in [4.78, 5) is 16.0. The van der Waals surface area contributed by atoms with Gasteiger partial charge in [0.15, 0.2) is 8.38 Å². The lowest BCUT2D eigenvalue weighted by atomic mass is 10.1. The Morgan fingerprint density at radius 3 is 0.828 bits per heavy atom. The molecule has 0 rings (SSSR count). The first-order valence-electron chi connectivity index (χ1n) is 12.7. The molecule has 0 fully saturated rings. The molecule has 0 aliphatic heterocycles. The zero-order valence-corrected chi connectivity index (χ0v) is 21.2. The van der Waals surface area contributed by atoms with E-state index in [9.17, 15) is 0 Å². The van der Waals surface area contributed by atoms with Gasteiger partial charge in [-0.15, -0.1) is 0 Å². The van der Waals surface area contributed by atoms with Crippen LogP contribution in [0, 0.1) is 0 Å². The van der Waals surface area contributed by atoms with E-state index >= 15 is 0 Å². The Balaban J connectivity index is -0.000000380. The second-order valence-electron chi connectivity index (χ2n) is 7.92. The molecule has 0 saturated carbocycles. The highest BCUT2D eigenvalue weighted by atomic mass is 31.2. The summed E-state index contributed by atoms with van der Waals surface area (Å²) in [6.07, 6.45) is 25.4. The third-order valence-corrected chi connectivity index (χ3v) is 5.46. The molecule has 4 nitrogen and oxygen atoms in total. The molecular formula is C24H57N2O2P. The molecule has 0 saturated heterocycles. The molecule has 0 aliphatic rings. The van der Waals surface area contributed by atoms with E-state index in [0.717, 1.165) is 13.1 Å². The fraction of sp³-hybridized carbons (Fsp3) is 1.00. The van der Waals surface area contributed by atoms with Gasteiger partial charge in [0.2, 0.25) is 0 Å². The molecular weight excluding hydrogens is 379 g/mol. The van der Waals surface area contributed by atoms with Gasteiger partial charge >= 0.3 is 0 Å². The van der Waals surface area contributed by atoms with Gasteiger partial charge in [0.05, 0.1) is 0 Å². The van der Waals surface area contributed by atoms with Crippen LogP contribution in [0.3, 0.4) is 0 Å². The van der Waals surface area contributed by atoms with E-state index in [0.29, 0.717) is 6.16 Å².